The Morgan fingerprint density at radius 1 is 1.47 bits per heavy atom. The molecule has 0 saturated heterocycles. The van der Waals surface area contributed by atoms with Gasteiger partial charge in [0.25, 0.3) is 0 Å². The first-order valence-electron chi connectivity index (χ1n) is 6.14. The Labute approximate surface area is 111 Å². The van der Waals surface area contributed by atoms with Gasteiger partial charge in [0, 0.05) is 22.6 Å². The molecule has 1 saturated carbocycles. The van der Waals surface area contributed by atoms with E-state index in [0.29, 0.717) is 18.0 Å². The molecule has 0 amide bonds. The molecular weight excluding hydrogens is 281 g/mol. The van der Waals surface area contributed by atoms with Crippen LogP contribution in [0, 0.1) is 11.2 Å². The normalized spacial score (nSPS) is 22.9. The molecule has 1 aromatic carbocycles. The molecule has 1 unspecified atom stereocenters. The SMILES string of the molecule is CC1(C)CCC(NCc2ccc(Br)cc2F)C1. The fourth-order valence-corrected chi connectivity index (χ4v) is 2.86. The summed E-state index contributed by atoms with van der Waals surface area (Å²) in [6, 6.07) is 5.79. The highest BCUT2D eigenvalue weighted by atomic mass is 79.9. The van der Waals surface area contributed by atoms with Crippen LogP contribution in [-0.4, -0.2) is 6.04 Å². The van der Waals surface area contributed by atoms with Crippen molar-refractivity contribution in [1.82, 2.24) is 5.32 Å². The second-order valence-corrected chi connectivity index (χ2v) is 6.64. The topological polar surface area (TPSA) is 12.0 Å². The van der Waals surface area contributed by atoms with Crippen LogP contribution in [0.3, 0.4) is 0 Å². The third-order valence-electron chi connectivity index (χ3n) is 3.56. The average molecular weight is 300 g/mol. The van der Waals surface area contributed by atoms with E-state index in [1.807, 2.05) is 12.1 Å². The summed E-state index contributed by atoms with van der Waals surface area (Å²) >= 11 is 3.27. The van der Waals surface area contributed by atoms with Crippen molar-refractivity contribution in [3.8, 4) is 0 Å². The molecule has 0 aromatic heterocycles. The summed E-state index contributed by atoms with van der Waals surface area (Å²) < 4.78 is 14.4. The zero-order valence-electron chi connectivity index (χ0n) is 10.4. The highest BCUT2D eigenvalue weighted by molar-refractivity contribution is 9.10. The lowest BCUT2D eigenvalue weighted by Crippen LogP contribution is -2.27. The zero-order chi connectivity index (χ0) is 12.5. The highest BCUT2D eigenvalue weighted by Crippen LogP contribution is 2.37. The van der Waals surface area contributed by atoms with Gasteiger partial charge in [0.05, 0.1) is 0 Å². The van der Waals surface area contributed by atoms with E-state index in [4.69, 9.17) is 0 Å². The predicted octanol–water partition coefficient (Wildman–Crippen LogP) is 4.26. The first kappa shape index (κ1) is 13.0. The first-order chi connectivity index (χ1) is 7.96. The fourth-order valence-electron chi connectivity index (χ4n) is 2.53. The Balaban J connectivity index is 1.90. The van der Waals surface area contributed by atoms with Gasteiger partial charge >= 0.3 is 0 Å². The molecule has 1 aromatic rings. The highest BCUT2D eigenvalue weighted by Gasteiger charge is 2.30. The van der Waals surface area contributed by atoms with Crippen LogP contribution >= 0.6 is 15.9 Å². The van der Waals surface area contributed by atoms with E-state index in [9.17, 15) is 4.39 Å². The minimum Gasteiger partial charge on any atom is -0.310 e. The molecule has 1 fully saturated rings. The third kappa shape index (κ3) is 3.52. The van der Waals surface area contributed by atoms with E-state index in [1.54, 1.807) is 0 Å². The molecule has 0 radical (unpaired) electrons. The lowest BCUT2D eigenvalue weighted by atomic mass is 9.92. The number of rotatable bonds is 3. The molecule has 0 heterocycles. The van der Waals surface area contributed by atoms with Crippen LogP contribution in [0.5, 0.6) is 0 Å². The lowest BCUT2D eigenvalue weighted by molar-refractivity contribution is 0.363. The van der Waals surface area contributed by atoms with E-state index < -0.39 is 0 Å². The van der Waals surface area contributed by atoms with Crippen molar-refractivity contribution < 1.29 is 4.39 Å². The average Bonchev–Trinajstić information content (AvgIpc) is 2.57. The van der Waals surface area contributed by atoms with Crippen molar-refractivity contribution in [3.05, 3.63) is 34.1 Å². The summed E-state index contributed by atoms with van der Waals surface area (Å²) in [5.74, 6) is -0.135. The maximum Gasteiger partial charge on any atom is 0.128 e. The molecule has 1 aliphatic rings. The summed E-state index contributed by atoms with van der Waals surface area (Å²) in [5, 5.41) is 3.46. The number of nitrogens with one attached hydrogen (secondary N) is 1. The Morgan fingerprint density at radius 3 is 2.82 bits per heavy atom. The van der Waals surface area contributed by atoms with Crippen LogP contribution in [0.25, 0.3) is 0 Å². The maximum atomic E-state index is 13.6. The largest absolute Gasteiger partial charge is 0.310 e. The molecule has 1 N–H and O–H groups in total. The van der Waals surface area contributed by atoms with E-state index in [0.717, 1.165) is 10.0 Å². The van der Waals surface area contributed by atoms with Crippen LogP contribution < -0.4 is 5.32 Å². The van der Waals surface area contributed by atoms with Gasteiger partial charge in [0.1, 0.15) is 5.82 Å². The minimum absolute atomic E-state index is 0.135. The molecule has 1 nitrogen and oxygen atoms in total. The standard InChI is InChI=1S/C14H19BrFN/c1-14(2)6-5-12(8-14)17-9-10-3-4-11(15)7-13(10)16/h3-4,7,12,17H,5-6,8-9H2,1-2H3. The first-order valence-corrected chi connectivity index (χ1v) is 6.93. The van der Waals surface area contributed by atoms with Crippen LogP contribution in [0.4, 0.5) is 4.39 Å². The fraction of sp³-hybridized carbons (Fsp3) is 0.571. The third-order valence-corrected chi connectivity index (χ3v) is 4.06. The van der Waals surface area contributed by atoms with Crippen molar-refractivity contribution in [2.75, 3.05) is 0 Å². The van der Waals surface area contributed by atoms with Gasteiger partial charge in [-0.15, -0.1) is 0 Å². The Morgan fingerprint density at radius 2 is 2.24 bits per heavy atom. The summed E-state index contributed by atoms with van der Waals surface area (Å²) in [5.41, 5.74) is 1.19. The summed E-state index contributed by atoms with van der Waals surface area (Å²) in [6.45, 7) is 5.23. The molecule has 1 aliphatic carbocycles. The predicted molar refractivity (Wildman–Crippen MR) is 72.4 cm³/mol. The van der Waals surface area contributed by atoms with E-state index in [2.05, 4.69) is 35.1 Å². The monoisotopic (exact) mass is 299 g/mol. The minimum atomic E-state index is -0.135. The van der Waals surface area contributed by atoms with Gasteiger partial charge in [-0.2, -0.15) is 0 Å². The van der Waals surface area contributed by atoms with Gasteiger partial charge in [-0.25, -0.2) is 4.39 Å². The molecule has 0 bridgehead atoms. The Kier molecular flexibility index (Phi) is 3.88. The quantitative estimate of drug-likeness (QED) is 0.879. The van der Waals surface area contributed by atoms with E-state index in [1.165, 1.54) is 25.3 Å². The van der Waals surface area contributed by atoms with Crippen LogP contribution in [0.2, 0.25) is 0 Å². The molecule has 0 spiro atoms. The maximum absolute atomic E-state index is 13.6. The van der Waals surface area contributed by atoms with Crippen molar-refractivity contribution in [3.63, 3.8) is 0 Å². The van der Waals surface area contributed by atoms with Gasteiger partial charge in [-0.3, -0.25) is 0 Å². The number of hydrogen-bond acceptors (Lipinski definition) is 1. The number of benzene rings is 1. The smallest absolute Gasteiger partial charge is 0.128 e. The molecular formula is C14H19BrFN. The van der Waals surface area contributed by atoms with Gasteiger partial charge in [0.2, 0.25) is 0 Å². The van der Waals surface area contributed by atoms with Gasteiger partial charge in [-0.1, -0.05) is 35.8 Å². The Bertz CT molecular complexity index is 403. The van der Waals surface area contributed by atoms with Gasteiger partial charge in [-0.05, 0) is 36.8 Å². The molecule has 94 valence electrons. The molecule has 0 aliphatic heterocycles. The molecule has 3 heteroatoms. The Hall–Kier alpha value is -0.410. The van der Waals surface area contributed by atoms with E-state index in [-0.39, 0.29) is 5.82 Å². The van der Waals surface area contributed by atoms with Crippen molar-refractivity contribution in [2.24, 2.45) is 5.41 Å². The van der Waals surface area contributed by atoms with Crippen LogP contribution in [0.1, 0.15) is 38.7 Å². The van der Waals surface area contributed by atoms with Gasteiger partial charge < -0.3 is 5.32 Å². The van der Waals surface area contributed by atoms with Crippen molar-refractivity contribution >= 4 is 15.9 Å². The second-order valence-electron chi connectivity index (χ2n) is 5.72. The second kappa shape index (κ2) is 5.07. The summed E-state index contributed by atoms with van der Waals surface area (Å²) in [4.78, 5) is 0. The summed E-state index contributed by atoms with van der Waals surface area (Å²) in [6.07, 6.45) is 3.64. The summed E-state index contributed by atoms with van der Waals surface area (Å²) in [7, 11) is 0. The molecule has 2 rings (SSSR count). The number of hydrogen-bond donors (Lipinski definition) is 1. The van der Waals surface area contributed by atoms with Crippen LogP contribution in [0.15, 0.2) is 22.7 Å². The van der Waals surface area contributed by atoms with E-state index >= 15 is 0 Å². The number of halogens is 2. The van der Waals surface area contributed by atoms with Crippen molar-refractivity contribution in [2.45, 2.75) is 45.7 Å². The zero-order valence-corrected chi connectivity index (χ0v) is 12.0. The van der Waals surface area contributed by atoms with Crippen LogP contribution in [-0.2, 0) is 6.54 Å². The molecule has 17 heavy (non-hydrogen) atoms. The van der Waals surface area contributed by atoms with Crippen molar-refractivity contribution in [1.29, 1.82) is 0 Å². The molecule has 1 atom stereocenters. The van der Waals surface area contributed by atoms with Gasteiger partial charge in [0.15, 0.2) is 0 Å². The lowest BCUT2D eigenvalue weighted by Gasteiger charge is -2.18.